The average molecular weight is 185 g/mol. The highest BCUT2D eigenvalue weighted by Crippen LogP contribution is 2.23. The number of pyridine rings is 1. The van der Waals surface area contributed by atoms with Crippen molar-refractivity contribution in [2.75, 3.05) is 0 Å². The average Bonchev–Trinajstić information content (AvgIpc) is 2.66. The molecule has 2 aromatic heterocycles. The Hall–Kier alpha value is -2.03. The van der Waals surface area contributed by atoms with Crippen LogP contribution in [0.4, 0.5) is 0 Å². The monoisotopic (exact) mass is 185 g/mol. The van der Waals surface area contributed by atoms with E-state index >= 15 is 0 Å². The zero-order valence-corrected chi connectivity index (χ0v) is 7.28. The highest BCUT2D eigenvalue weighted by Gasteiger charge is 2.04. The summed E-state index contributed by atoms with van der Waals surface area (Å²) in [5.41, 5.74) is 0.689. The van der Waals surface area contributed by atoms with E-state index in [9.17, 15) is 4.79 Å². The molecule has 3 aromatic rings. The van der Waals surface area contributed by atoms with E-state index in [1.54, 1.807) is 12.5 Å². The van der Waals surface area contributed by atoms with Crippen LogP contribution in [0.3, 0.4) is 0 Å². The Morgan fingerprint density at radius 1 is 1.07 bits per heavy atom. The molecular weight excluding hydrogens is 178 g/mol. The number of furan rings is 1. The number of fused-ring (bicyclic) bond motifs is 3. The molecule has 0 amide bonds. The highest BCUT2D eigenvalue weighted by atomic mass is 16.3. The van der Waals surface area contributed by atoms with E-state index in [0.717, 1.165) is 16.4 Å². The first kappa shape index (κ1) is 7.38. The minimum Gasteiger partial charge on any atom is -0.464 e. The fraction of sp³-hybridized carbons (Fsp3) is 0. The lowest BCUT2D eigenvalue weighted by Crippen LogP contribution is -2.03. The molecule has 0 saturated carbocycles. The maximum absolute atomic E-state index is 11.4. The fourth-order valence-electron chi connectivity index (χ4n) is 1.70. The summed E-state index contributed by atoms with van der Waals surface area (Å²) in [6.45, 7) is 0. The first-order chi connectivity index (χ1) is 6.86. The molecule has 0 spiro atoms. The molecule has 3 nitrogen and oxygen atoms in total. The van der Waals surface area contributed by atoms with E-state index in [-0.39, 0.29) is 5.56 Å². The molecular formula is C11H7NO2. The Morgan fingerprint density at radius 3 is 2.93 bits per heavy atom. The van der Waals surface area contributed by atoms with E-state index in [1.807, 2.05) is 24.3 Å². The Labute approximate surface area is 79.0 Å². The number of aromatic amines is 1. The van der Waals surface area contributed by atoms with Gasteiger partial charge in [0.1, 0.15) is 5.58 Å². The van der Waals surface area contributed by atoms with Gasteiger partial charge in [0.15, 0.2) is 0 Å². The zero-order chi connectivity index (χ0) is 9.54. The van der Waals surface area contributed by atoms with Gasteiger partial charge in [0.05, 0.1) is 11.6 Å². The van der Waals surface area contributed by atoms with Crippen molar-refractivity contribution in [3.05, 3.63) is 47.1 Å². The van der Waals surface area contributed by atoms with Crippen LogP contribution in [0, 0.1) is 0 Å². The standard InChI is InChI=1S/C11H7NO2/c13-11-9-2-1-7-4-6-14-10(7)8(9)3-5-12-11/h1-6H,(H,12,13). The number of benzene rings is 1. The smallest absolute Gasteiger partial charge is 0.255 e. The molecule has 3 heteroatoms. The van der Waals surface area contributed by atoms with Crippen LogP contribution < -0.4 is 5.56 Å². The first-order valence-corrected chi connectivity index (χ1v) is 4.34. The molecule has 0 bridgehead atoms. The van der Waals surface area contributed by atoms with Gasteiger partial charge in [-0.1, -0.05) is 6.07 Å². The lowest BCUT2D eigenvalue weighted by atomic mass is 10.1. The summed E-state index contributed by atoms with van der Waals surface area (Å²) in [7, 11) is 0. The number of hydrogen-bond donors (Lipinski definition) is 1. The second-order valence-electron chi connectivity index (χ2n) is 3.17. The van der Waals surface area contributed by atoms with Crippen LogP contribution in [0.25, 0.3) is 21.7 Å². The number of H-pyrrole nitrogens is 1. The van der Waals surface area contributed by atoms with Gasteiger partial charge >= 0.3 is 0 Å². The van der Waals surface area contributed by atoms with Gasteiger partial charge in [0, 0.05) is 17.0 Å². The Balaban J connectivity index is 2.71. The maximum atomic E-state index is 11.4. The van der Waals surface area contributed by atoms with Crippen LogP contribution in [-0.4, -0.2) is 4.98 Å². The molecule has 1 N–H and O–H groups in total. The van der Waals surface area contributed by atoms with Crippen molar-refractivity contribution in [2.45, 2.75) is 0 Å². The molecule has 0 aliphatic carbocycles. The van der Waals surface area contributed by atoms with Crippen molar-refractivity contribution >= 4 is 21.7 Å². The van der Waals surface area contributed by atoms with Crippen molar-refractivity contribution in [3.8, 4) is 0 Å². The number of aromatic nitrogens is 1. The second-order valence-corrected chi connectivity index (χ2v) is 3.17. The third-order valence-electron chi connectivity index (χ3n) is 2.37. The predicted octanol–water partition coefficient (Wildman–Crippen LogP) is 2.27. The highest BCUT2D eigenvalue weighted by molar-refractivity contribution is 6.03. The predicted molar refractivity (Wildman–Crippen MR) is 54.3 cm³/mol. The second kappa shape index (κ2) is 2.48. The summed E-state index contributed by atoms with van der Waals surface area (Å²) in [6, 6.07) is 7.43. The molecule has 0 aliphatic rings. The molecule has 68 valence electrons. The van der Waals surface area contributed by atoms with Crippen molar-refractivity contribution in [3.63, 3.8) is 0 Å². The van der Waals surface area contributed by atoms with Gasteiger partial charge in [-0.25, -0.2) is 0 Å². The van der Waals surface area contributed by atoms with Gasteiger partial charge in [-0.3, -0.25) is 4.79 Å². The summed E-state index contributed by atoms with van der Waals surface area (Å²) in [4.78, 5) is 14.1. The normalized spacial score (nSPS) is 11.1. The summed E-state index contributed by atoms with van der Waals surface area (Å²) >= 11 is 0. The number of rotatable bonds is 0. The van der Waals surface area contributed by atoms with E-state index in [4.69, 9.17) is 4.42 Å². The van der Waals surface area contributed by atoms with E-state index < -0.39 is 0 Å². The third kappa shape index (κ3) is 0.836. The zero-order valence-electron chi connectivity index (χ0n) is 7.28. The largest absolute Gasteiger partial charge is 0.464 e. The van der Waals surface area contributed by atoms with E-state index in [1.165, 1.54) is 0 Å². The van der Waals surface area contributed by atoms with Crippen molar-refractivity contribution in [2.24, 2.45) is 0 Å². The fourth-order valence-corrected chi connectivity index (χ4v) is 1.70. The molecule has 1 aromatic carbocycles. The van der Waals surface area contributed by atoms with E-state index in [0.29, 0.717) is 5.39 Å². The van der Waals surface area contributed by atoms with Gasteiger partial charge < -0.3 is 9.40 Å². The summed E-state index contributed by atoms with van der Waals surface area (Å²) in [5.74, 6) is 0. The lowest BCUT2D eigenvalue weighted by molar-refractivity contribution is 0.619. The third-order valence-corrected chi connectivity index (χ3v) is 2.37. The topological polar surface area (TPSA) is 46.0 Å². The van der Waals surface area contributed by atoms with Crippen LogP contribution >= 0.6 is 0 Å². The van der Waals surface area contributed by atoms with Crippen molar-refractivity contribution in [1.82, 2.24) is 4.98 Å². The van der Waals surface area contributed by atoms with Crippen LogP contribution in [0.5, 0.6) is 0 Å². The van der Waals surface area contributed by atoms with Gasteiger partial charge in [0.2, 0.25) is 0 Å². The molecule has 0 unspecified atom stereocenters. The van der Waals surface area contributed by atoms with Gasteiger partial charge in [-0.2, -0.15) is 0 Å². The maximum Gasteiger partial charge on any atom is 0.255 e. The Morgan fingerprint density at radius 2 is 2.00 bits per heavy atom. The summed E-state index contributed by atoms with van der Waals surface area (Å²) in [5, 5.41) is 2.54. The van der Waals surface area contributed by atoms with Crippen LogP contribution in [0.1, 0.15) is 0 Å². The summed E-state index contributed by atoms with van der Waals surface area (Å²) < 4.78 is 5.33. The SMILES string of the molecule is O=c1[nH]ccc2c1ccc1ccoc12. The van der Waals surface area contributed by atoms with Gasteiger partial charge in [-0.05, 0) is 18.2 Å². The number of hydrogen-bond acceptors (Lipinski definition) is 2. The first-order valence-electron chi connectivity index (χ1n) is 4.34. The molecule has 0 saturated heterocycles. The van der Waals surface area contributed by atoms with Gasteiger partial charge in [0.25, 0.3) is 5.56 Å². The molecule has 0 fully saturated rings. The number of nitrogens with one attached hydrogen (secondary N) is 1. The van der Waals surface area contributed by atoms with Crippen LogP contribution in [0.15, 0.2) is 45.9 Å². The Bertz CT molecular complexity index is 663. The quantitative estimate of drug-likeness (QED) is 0.584. The lowest BCUT2D eigenvalue weighted by Gasteiger charge is -1.96. The molecule has 14 heavy (non-hydrogen) atoms. The Kier molecular flexibility index (Phi) is 1.31. The van der Waals surface area contributed by atoms with Crippen LogP contribution in [-0.2, 0) is 0 Å². The minimum atomic E-state index is -0.0826. The summed E-state index contributed by atoms with van der Waals surface area (Å²) in [6.07, 6.45) is 3.26. The molecule has 2 heterocycles. The van der Waals surface area contributed by atoms with Crippen molar-refractivity contribution < 1.29 is 4.42 Å². The van der Waals surface area contributed by atoms with Crippen LogP contribution in [0.2, 0.25) is 0 Å². The molecule has 0 aliphatic heterocycles. The van der Waals surface area contributed by atoms with Gasteiger partial charge in [-0.15, -0.1) is 0 Å². The molecule has 3 rings (SSSR count). The van der Waals surface area contributed by atoms with Crippen molar-refractivity contribution in [1.29, 1.82) is 0 Å². The minimum absolute atomic E-state index is 0.0826. The molecule has 0 radical (unpaired) electrons. The van der Waals surface area contributed by atoms with E-state index in [2.05, 4.69) is 4.98 Å². The molecule has 0 atom stereocenters.